The van der Waals surface area contributed by atoms with Crippen molar-refractivity contribution in [3.8, 4) is 0 Å². The van der Waals surface area contributed by atoms with Gasteiger partial charge in [0.05, 0.1) is 0 Å². The number of rotatable bonds is 2. The third kappa shape index (κ3) is 2.42. The van der Waals surface area contributed by atoms with E-state index in [0.29, 0.717) is 0 Å². The van der Waals surface area contributed by atoms with Crippen molar-refractivity contribution in [1.82, 2.24) is 5.32 Å². The fourth-order valence-electron chi connectivity index (χ4n) is 2.48. The standard InChI is InChI=1S/C15H21NO/c1-11-5-6-13(9-12(11)2)14(17)15(3)7-4-8-16-10-15/h5-6,9,16H,4,7-8,10H2,1-3H3. The summed E-state index contributed by atoms with van der Waals surface area (Å²) in [5.74, 6) is 0.285. The summed E-state index contributed by atoms with van der Waals surface area (Å²) in [5, 5.41) is 3.33. The Bertz CT molecular complexity index is 431. The first-order valence-corrected chi connectivity index (χ1v) is 6.36. The molecule has 2 nitrogen and oxygen atoms in total. The molecule has 17 heavy (non-hydrogen) atoms. The number of nitrogens with one attached hydrogen (secondary N) is 1. The van der Waals surface area contributed by atoms with Gasteiger partial charge in [0.15, 0.2) is 5.78 Å². The molecule has 1 aromatic rings. The number of carbonyl (C=O) groups excluding carboxylic acids is 1. The molecule has 0 aromatic heterocycles. The molecule has 1 fully saturated rings. The zero-order chi connectivity index (χ0) is 12.5. The first-order chi connectivity index (χ1) is 8.03. The van der Waals surface area contributed by atoms with Gasteiger partial charge in [0.1, 0.15) is 0 Å². The first kappa shape index (κ1) is 12.3. The van der Waals surface area contributed by atoms with Crippen LogP contribution in [0.4, 0.5) is 0 Å². The van der Waals surface area contributed by atoms with Gasteiger partial charge < -0.3 is 5.32 Å². The maximum absolute atomic E-state index is 12.5. The van der Waals surface area contributed by atoms with Gasteiger partial charge in [-0.1, -0.05) is 19.1 Å². The van der Waals surface area contributed by atoms with Gasteiger partial charge in [-0.3, -0.25) is 4.79 Å². The number of aryl methyl sites for hydroxylation is 2. The number of benzene rings is 1. The van der Waals surface area contributed by atoms with Crippen LogP contribution in [0.5, 0.6) is 0 Å². The van der Waals surface area contributed by atoms with Crippen molar-refractivity contribution in [3.63, 3.8) is 0 Å². The summed E-state index contributed by atoms with van der Waals surface area (Å²) in [4.78, 5) is 12.5. The molecule has 0 radical (unpaired) electrons. The van der Waals surface area contributed by atoms with Crippen LogP contribution in [0.3, 0.4) is 0 Å². The monoisotopic (exact) mass is 231 g/mol. The smallest absolute Gasteiger partial charge is 0.170 e. The number of carbonyl (C=O) groups is 1. The molecule has 1 aliphatic rings. The Hall–Kier alpha value is -1.15. The van der Waals surface area contributed by atoms with Crippen LogP contribution in [0.25, 0.3) is 0 Å². The minimum Gasteiger partial charge on any atom is -0.316 e. The molecule has 0 bridgehead atoms. The fraction of sp³-hybridized carbons (Fsp3) is 0.533. The van der Waals surface area contributed by atoms with Gasteiger partial charge in [-0.05, 0) is 50.4 Å². The van der Waals surface area contributed by atoms with Crippen molar-refractivity contribution in [2.24, 2.45) is 5.41 Å². The maximum atomic E-state index is 12.5. The molecule has 2 heteroatoms. The van der Waals surface area contributed by atoms with Crippen LogP contribution in [0.2, 0.25) is 0 Å². The van der Waals surface area contributed by atoms with Crippen molar-refractivity contribution in [3.05, 3.63) is 34.9 Å². The Labute approximate surface area is 103 Å². The lowest BCUT2D eigenvalue weighted by Crippen LogP contribution is -2.43. The highest BCUT2D eigenvalue weighted by Crippen LogP contribution is 2.30. The van der Waals surface area contributed by atoms with E-state index in [9.17, 15) is 4.79 Å². The van der Waals surface area contributed by atoms with Gasteiger partial charge in [0.25, 0.3) is 0 Å². The van der Waals surface area contributed by atoms with Crippen LogP contribution in [0.15, 0.2) is 18.2 Å². The van der Waals surface area contributed by atoms with Gasteiger partial charge in [-0.25, -0.2) is 0 Å². The average molecular weight is 231 g/mol. The number of Topliss-reactive ketones (excluding diaryl/α,β-unsaturated/α-hetero) is 1. The molecule has 1 unspecified atom stereocenters. The first-order valence-electron chi connectivity index (χ1n) is 6.36. The Kier molecular flexibility index (Phi) is 3.34. The van der Waals surface area contributed by atoms with Crippen molar-refractivity contribution in [2.75, 3.05) is 13.1 Å². The normalized spacial score (nSPS) is 24.6. The second-order valence-corrected chi connectivity index (χ2v) is 5.47. The van der Waals surface area contributed by atoms with Crippen LogP contribution in [0.1, 0.15) is 41.3 Å². The quantitative estimate of drug-likeness (QED) is 0.793. The van der Waals surface area contributed by atoms with E-state index >= 15 is 0 Å². The Morgan fingerprint density at radius 1 is 1.29 bits per heavy atom. The number of ketones is 1. The molecule has 92 valence electrons. The summed E-state index contributed by atoms with van der Waals surface area (Å²) in [7, 11) is 0. The molecule has 1 aromatic carbocycles. The molecule has 0 saturated carbocycles. The molecule has 0 amide bonds. The number of hydrogen-bond donors (Lipinski definition) is 1. The molecule has 1 aliphatic heterocycles. The molecule has 1 saturated heterocycles. The number of piperidine rings is 1. The van der Waals surface area contributed by atoms with Crippen LogP contribution < -0.4 is 5.32 Å². The zero-order valence-electron chi connectivity index (χ0n) is 11.0. The van der Waals surface area contributed by atoms with E-state index in [1.54, 1.807) is 0 Å². The summed E-state index contributed by atoms with van der Waals surface area (Å²) >= 11 is 0. The summed E-state index contributed by atoms with van der Waals surface area (Å²) in [6, 6.07) is 6.03. The summed E-state index contributed by atoms with van der Waals surface area (Å²) in [6.07, 6.45) is 2.08. The predicted molar refractivity (Wildman–Crippen MR) is 70.5 cm³/mol. The Balaban J connectivity index is 2.26. The van der Waals surface area contributed by atoms with Gasteiger partial charge in [-0.2, -0.15) is 0 Å². The zero-order valence-corrected chi connectivity index (χ0v) is 11.0. The third-order valence-corrected chi connectivity index (χ3v) is 3.91. The lowest BCUT2D eigenvalue weighted by atomic mass is 9.76. The van der Waals surface area contributed by atoms with E-state index in [0.717, 1.165) is 31.5 Å². The highest BCUT2D eigenvalue weighted by molar-refractivity contribution is 6.00. The highest BCUT2D eigenvalue weighted by Gasteiger charge is 2.35. The van der Waals surface area contributed by atoms with Crippen LogP contribution in [-0.2, 0) is 0 Å². The molecule has 2 rings (SSSR count). The van der Waals surface area contributed by atoms with Crippen molar-refractivity contribution in [1.29, 1.82) is 0 Å². The number of hydrogen-bond acceptors (Lipinski definition) is 2. The maximum Gasteiger partial charge on any atom is 0.170 e. The van der Waals surface area contributed by atoms with Crippen LogP contribution in [0, 0.1) is 19.3 Å². The minimum absolute atomic E-state index is 0.222. The van der Waals surface area contributed by atoms with E-state index in [1.807, 2.05) is 18.2 Å². The molecule has 0 aliphatic carbocycles. The van der Waals surface area contributed by atoms with Crippen molar-refractivity contribution < 1.29 is 4.79 Å². The molecule has 1 N–H and O–H groups in total. The minimum atomic E-state index is -0.222. The lowest BCUT2D eigenvalue weighted by Gasteiger charge is -2.32. The Morgan fingerprint density at radius 3 is 2.65 bits per heavy atom. The van der Waals surface area contributed by atoms with E-state index < -0.39 is 0 Å². The molecule has 1 atom stereocenters. The van der Waals surface area contributed by atoms with E-state index in [-0.39, 0.29) is 11.2 Å². The topological polar surface area (TPSA) is 29.1 Å². The third-order valence-electron chi connectivity index (χ3n) is 3.91. The predicted octanol–water partition coefficient (Wildman–Crippen LogP) is 2.88. The second kappa shape index (κ2) is 4.61. The molecular weight excluding hydrogens is 210 g/mol. The summed E-state index contributed by atoms with van der Waals surface area (Å²) in [6.45, 7) is 8.06. The van der Waals surface area contributed by atoms with Gasteiger partial charge in [0, 0.05) is 17.5 Å². The highest BCUT2D eigenvalue weighted by atomic mass is 16.1. The fourth-order valence-corrected chi connectivity index (χ4v) is 2.48. The van der Waals surface area contributed by atoms with Crippen molar-refractivity contribution >= 4 is 5.78 Å². The largest absolute Gasteiger partial charge is 0.316 e. The van der Waals surface area contributed by atoms with Gasteiger partial charge >= 0.3 is 0 Å². The lowest BCUT2D eigenvalue weighted by molar-refractivity contribution is 0.0773. The Morgan fingerprint density at radius 2 is 2.06 bits per heavy atom. The van der Waals surface area contributed by atoms with Gasteiger partial charge in [-0.15, -0.1) is 0 Å². The SMILES string of the molecule is Cc1ccc(C(=O)C2(C)CCCNC2)cc1C. The molecular formula is C15H21NO. The average Bonchev–Trinajstić information content (AvgIpc) is 2.33. The van der Waals surface area contributed by atoms with E-state index in [1.165, 1.54) is 11.1 Å². The molecule has 1 heterocycles. The molecule has 0 spiro atoms. The van der Waals surface area contributed by atoms with Crippen LogP contribution >= 0.6 is 0 Å². The van der Waals surface area contributed by atoms with E-state index in [4.69, 9.17) is 0 Å². The van der Waals surface area contributed by atoms with Crippen LogP contribution in [-0.4, -0.2) is 18.9 Å². The van der Waals surface area contributed by atoms with Gasteiger partial charge in [0.2, 0.25) is 0 Å². The van der Waals surface area contributed by atoms with Crippen molar-refractivity contribution in [2.45, 2.75) is 33.6 Å². The summed E-state index contributed by atoms with van der Waals surface area (Å²) < 4.78 is 0. The second-order valence-electron chi connectivity index (χ2n) is 5.47. The summed E-state index contributed by atoms with van der Waals surface area (Å²) in [5.41, 5.74) is 3.08. The van der Waals surface area contributed by atoms with E-state index in [2.05, 4.69) is 26.1 Å².